The van der Waals surface area contributed by atoms with Crippen LogP contribution in [0.1, 0.15) is 16.7 Å². The van der Waals surface area contributed by atoms with E-state index in [1.54, 1.807) is 41.6 Å². The van der Waals surface area contributed by atoms with E-state index in [-0.39, 0.29) is 22.3 Å². The molecular weight excluding hydrogens is 493 g/mol. The number of hydrogen-bond acceptors (Lipinski definition) is 0. The Hall–Kier alpha value is -2.03. The largest absolute Gasteiger partial charge is 0.417 e. The Morgan fingerprint density at radius 2 is 1.04 bits per heavy atom. The van der Waals surface area contributed by atoms with Gasteiger partial charge in [-0.1, -0.05) is 48.0 Å². The molecule has 0 spiro atoms. The van der Waals surface area contributed by atoms with Gasteiger partial charge in [0.15, 0.2) is 0 Å². The first-order valence-electron chi connectivity index (χ1n) is 8.12. The van der Waals surface area contributed by atoms with Crippen LogP contribution in [-0.2, 0) is 12.4 Å². The predicted molar refractivity (Wildman–Crippen MR) is 105 cm³/mol. The Morgan fingerprint density at radius 1 is 0.607 bits per heavy atom. The second kappa shape index (κ2) is 7.42. The molecule has 0 N–H and O–H groups in total. The van der Waals surface area contributed by atoms with Gasteiger partial charge in [-0.15, -0.1) is 0 Å². The van der Waals surface area contributed by atoms with Gasteiger partial charge in [0, 0.05) is 3.57 Å². The van der Waals surface area contributed by atoms with Gasteiger partial charge in [-0.2, -0.15) is 26.3 Å². The maximum absolute atomic E-state index is 13.4. The smallest absolute Gasteiger partial charge is 0.166 e. The summed E-state index contributed by atoms with van der Waals surface area (Å²) in [6, 6.07) is 13.6. The van der Waals surface area contributed by atoms with Gasteiger partial charge in [0.25, 0.3) is 0 Å². The molecule has 146 valence electrons. The van der Waals surface area contributed by atoms with Crippen molar-refractivity contribution in [1.82, 2.24) is 0 Å². The topological polar surface area (TPSA) is 0 Å². The first kappa shape index (κ1) is 20.7. The molecule has 0 atom stereocenters. The molecule has 0 amide bonds. The van der Waals surface area contributed by atoms with E-state index in [1.165, 1.54) is 36.4 Å². The molecule has 3 rings (SSSR count). The van der Waals surface area contributed by atoms with Crippen LogP contribution in [0.5, 0.6) is 0 Å². The molecule has 0 heterocycles. The fourth-order valence-electron chi connectivity index (χ4n) is 2.98. The van der Waals surface area contributed by atoms with Crippen LogP contribution in [0.15, 0.2) is 60.7 Å². The minimum Gasteiger partial charge on any atom is -0.166 e. The van der Waals surface area contributed by atoms with Crippen LogP contribution in [0.25, 0.3) is 22.3 Å². The zero-order chi connectivity index (χ0) is 20.7. The summed E-state index contributed by atoms with van der Waals surface area (Å²) in [7, 11) is 0. The summed E-state index contributed by atoms with van der Waals surface area (Å²) in [5.41, 5.74) is -0.531. The monoisotopic (exact) mass is 506 g/mol. The fourth-order valence-corrected chi connectivity index (χ4v) is 3.47. The van der Waals surface area contributed by atoms with E-state index in [0.29, 0.717) is 9.13 Å². The lowest BCUT2D eigenvalue weighted by Crippen LogP contribution is -2.08. The first-order chi connectivity index (χ1) is 13.0. The highest BCUT2D eigenvalue weighted by Gasteiger charge is 2.35. The van der Waals surface area contributed by atoms with Crippen molar-refractivity contribution in [1.29, 1.82) is 0 Å². The van der Waals surface area contributed by atoms with Gasteiger partial charge in [0.05, 0.1) is 11.1 Å². The third kappa shape index (κ3) is 4.34. The Balaban J connectivity index is 2.08. The molecule has 0 nitrogen and oxygen atoms in total. The maximum Gasteiger partial charge on any atom is 0.417 e. The first-order valence-corrected chi connectivity index (χ1v) is 9.20. The van der Waals surface area contributed by atoms with Crippen LogP contribution < -0.4 is 0 Å². The minimum atomic E-state index is -4.53. The summed E-state index contributed by atoms with van der Waals surface area (Å²) in [5, 5.41) is 0. The van der Waals surface area contributed by atoms with Gasteiger partial charge in [-0.25, -0.2) is 0 Å². The molecule has 0 aromatic heterocycles. The zero-order valence-electron chi connectivity index (χ0n) is 14.4. The summed E-state index contributed by atoms with van der Waals surface area (Å²) in [4.78, 5) is 0. The molecule has 0 bridgehead atoms. The molecule has 3 aromatic rings. The number of hydrogen-bond donors (Lipinski definition) is 0. The lowest BCUT2D eigenvalue weighted by molar-refractivity contribution is -0.138. The van der Waals surface area contributed by atoms with Gasteiger partial charge < -0.3 is 0 Å². The maximum atomic E-state index is 13.4. The number of aryl methyl sites for hydroxylation is 1. The molecule has 0 radical (unpaired) electrons. The molecule has 0 unspecified atom stereocenters. The Bertz CT molecular complexity index is 918. The predicted octanol–water partition coefficient (Wildman–Crippen LogP) is 7.97. The van der Waals surface area contributed by atoms with Crippen molar-refractivity contribution in [3.8, 4) is 22.3 Å². The van der Waals surface area contributed by atoms with Crippen molar-refractivity contribution in [3.05, 3.63) is 80.9 Å². The SMILES string of the molecule is Cc1ccc(-c2ccc(-c3ccc(I)cc3C(F)(F)F)cc2)c(C(F)(F)F)c1. The number of alkyl halides is 6. The van der Waals surface area contributed by atoms with Crippen molar-refractivity contribution >= 4 is 22.6 Å². The van der Waals surface area contributed by atoms with Gasteiger partial charge in [0.2, 0.25) is 0 Å². The summed E-state index contributed by atoms with van der Waals surface area (Å²) in [5.74, 6) is 0. The van der Waals surface area contributed by atoms with Gasteiger partial charge in [-0.3, -0.25) is 0 Å². The van der Waals surface area contributed by atoms with Crippen LogP contribution in [0, 0.1) is 10.5 Å². The average molecular weight is 506 g/mol. The molecule has 0 aliphatic rings. The minimum absolute atomic E-state index is 0.0108. The second-order valence-electron chi connectivity index (χ2n) is 6.31. The third-order valence-corrected chi connectivity index (χ3v) is 4.95. The molecule has 7 heteroatoms. The van der Waals surface area contributed by atoms with E-state index < -0.39 is 23.5 Å². The van der Waals surface area contributed by atoms with Crippen LogP contribution in [-0.4, -0.2) is 0 Å². The molecular formula is C21H13F6I. The molecule has 3 aromatic carbocycles. The van der Waals surface area contributed by atoms with Gasteiger partial charge in [-0.05, 0) is 70.0 Å². The van der Waals surface area contributed by atoms with Crippen molar-refractivity contribution in [2.75, 3.05) is 0 Å². The highest BCUT2D eigenvalue weighted by Crippen LogP contribution is 2.40. The van der Waals surface area contributed by atoms with Gasteiger partial charge >= 0.3 is 12.4 Å². The summed E-state index contributed by atoms with van der Waals surface area (Å²) in [6.45, 7) is 1.57. The van der Waals surface area contributed by atoms with Crippen molar-refractivity contribution in [2.45, 2.75) is 19.3 Å². The van der Waals surface area contributed by atoms with Crippen LogP contribution in [0.2, 0.25) is 0 Å². The second-order valence-corrected chi connectivity index (χ2v) is 7.56. The molecule has 0 fully saturated rings. The Labute approximate surface area is 171 Å². The summed E-state index contributed by atoms with van der Waals surface area (Å²) >= 11 is 1.80. The lowest BCUT2D eigenvalue weighted by Gasteiger charge is -2.16. The molecule has 0 aliphatic carbocycles. The molecule has 0 saturated heterocycles. The van der Waals surface area contributed by atoms with Crippen LogP contribution >= 0.6 is 22.6 Å². The summed E-state index contributed by atoms with van der Waals surface area (Å²) in [6.07, 6.45) is -9.06. The van der Waals surface area contributed by atoms with Crippen LogP contribution in [0.3, 0.4) is 0 Å². The molecule has 28 heavy (non-hydrogen) atoms. The van der Waals surface area contributed by atoms with E-state index in [1.807, 2.05) is 0 Å². The van der Waals surface area contributed by atoms with Crippen molar-refractivity contribution < 1.29 is 26.3 Å². The normalized spacial score (nSPS) is 12.3. The van der Waals surface area contributed by atoms with Crippen LogP contribution in [0.4, 0.5) is 26.3 Å². The Morgan fingerprint density at radius 3 is 1.50 bits per heavy atom. The highest BCUT2D eigenvalue weighted by atomic mass is 127. The van der Waals surface area contributed by atoms with Crippen molar-refractivity contribution in [3.63, 3.8) is 0 Å². The lowest BCUT2D eigenvalue weighted by atomic mass is 9.94. The fraction of sp³-hybridized carbons (Fsp3) is 0.143. The molecule has 0 aliphatic heterocycles. The number of halogens is 7. The van der Waals surface area contributed by atoms with E-state index in [4.69, 9.17) is 0 Å². The van der Waals surface area contributed by atoms with E-state index >= 15 is 0 Å². The van der Waals surface area contributed by atoms with E-state index in [2.05, 4.69) is 0 Å². The summed E-state index contributed by atoms with van der Waals surface area (Å²) < 4.78 is 80.6. The quantitative estimate of drug-likeness (QED) is 0.244. The number of benzene rings is 3. The number of rotatable bonds is 2. The standard InChI is InChI=1S/C21H13F6I/c1-12-2-8-16(18(10-12)20(22,23)24)13-3-5-14(6-4-13)17-9-7-15(28)11-19(17)21(25,26)27/h2-11H,1H3. The van der Waals surface area contributed by atoms with E-state index in [9.17, 15) is 26.3 Å². The van der Waals surface area contributed by atoms with E-state index in [0.717, 1.165) is 12.1 Å². The highest BCUT2D eigenvalue weighted by molar-refractivity contribution is 14.1. The average Bonchev–Trinajstić information content (AvgIpc) is 2.60. The third-order valence-electron chi connectivity index (χ3n) is 4.27. The van der Waals surface area contributed by atoms with Crippen molar-refractivity contribution in [2.24, 2.45) is 0 Å². The van der Waals surface area contributed by atoms with Gasteiger partial charge in [0.1, 0.15) is 0 Å². The Kier molecular flexibility index (Phi) is 5.49. The molecule has 0 saturated carbocycles. The zero-order valence-corrected chi connectivity index (χ0v) is 16.6.